The SMILES string of the molecule is COc1ccc(C(NC(=O)c2ccccn2)c2cc(Cl)c3cccnc3c2O)cc1OC. The Kier molecular flexibility index (Phi) is 6.09. The molecule has 1 amide bonds. The minimum atomic E-state index is -0.770. The smallest absolute Gasteiger partial charge is 0.270 e. The van der Waals surface area contributed by atoms with E-state index in [0.717, 1.165) is 0 Å². The molecule has 0 aliphatic heterocycles. The lowest BCUT2D eigenvalue weighted by molar-refractivity contribution is 0.0937. The molecule has 2 heterocycles. The molecule has 4 rings (SSSR count). The second kappa shape index (κ2) is 9.11. The molecule has 0 bridgehead atoms. The van der Waals surface area contributed by atoms with E-state index >= 15 is 0 Å². The summed E-state index contributed by atoms with van der Waals surface area (Å²) in [6.45, 7) is 0. The van der Waals surface area contributed by atoms with Crippen LogP contribution in [0, 0.1) is 0 Å². The molecule has 162 valence electrons. The number of halogens is 1. The van der Waals surface area contributed by atoms with Gasteiger partial charge >= 0.3 is 0 Å². The first-order valence-electron chi connectivity index (χ1n) is 9.73. The zero-order valence-electron chi connectivity index (χ0n) is 17.4. The molecule has 1 atom stereocenters. The zero-order valence-corrected chi connectivity index (χ0v) is 18.1. The third kappa shape index (κ3) is 4.02. The summed E-state index contributed by atoms with van der Waals surface area (Å²) in [5.74, 6) is 0.521. The topological polar surface area (TPSA) is 93.6 Å². The lowest BCUT2D eigenvalue weighted by atomic mass is 9.95. The van der Waals surface area contributed by atoms with Crippen LogP contribution in [0.15, 0.2) is 67.0 Å². The number of aromatic hydroxyl groups is 1. The van der Waals surface area contributed by atoms with Crippen molar-refractivity contribution in [1.82, 2.24) is 15.3 Å². The standard InChI is InChI=1S/C24H20ClN3O4/c1-31-19-9-8-14(12-20(19)32-2)21(28-24(30)18-7-3-4-10-26-18)16-13-17(25)15-6-5-11-27-22(15)23(16)29/h3-13,21,29H,1-2H3,(H,28,30). The zero-order chi connectivity index (χ0) is 22.7. The molecule has 32 heavy (non-hydrogen) atoms. The molecule has 4 aromatic rings. The van der Waals surface area contributed by atoms with Gasteiger partial charge in [-0.15, -0.1) is 0 Å². The predicted molar refractivity (Wildman–Crippen MR) is 122 cm³/mol. The van der Waals surface area contributed by atoms with Crippen LogP contribution >= 0.6 is 11.6 Å². The van der Waals surface area contributed by atoms with E-state index in [9.17, 15) is 9.90 Å². The highest BCUT2D eigenvalue weighted by Gasteiger charge is 2.25. The molecule has 0 saturated heterocycles. The summed E-state index contributed by atoms with van der Waals surface area (Å²) in [6.07, 6.45) is 3.11. The molecule has 0 fully saturated rings. The minimum Gasteiger partial charge on any atom is -0.505 e. The average molecular weight is 450 g/mol. The number of hydrogen-bond acceptors (Lipinski definition) is 6. The first-order chi connectivity index (χ1) is 15.5. The normalized spacial score (nSPS) is 11.7. The Labute approximate surface area is 189 Å². The van der Waals surface area contributed by atoms with Gasteiger partial charge in [-0.2, -0.15) is 0 Å². The molecule has 1 unspecified atom stereocenters. The van der Waals surface area contributed by atoms with Crippen molar-refractivity contribution in [1.29, 1.82) is 0 Å². The van der Waals surface area contributed by atoms with E-state index in [2.05, 4.69) is 15.3 Å². The Hall–Kier alpha value is -3.84. The molecule has 0 saturated carbocycles. The third-order valence-corrected chi connectivity index (χ3v) is 5.38. The number of aromatic nitrogens is 2. The van der Waals surface area contributed by atoms with Crippen LogP contribution in [-0.4, -0.2) is 35.2 Å². The van der Waals surface area contributed by atoms with Crippen LogP contribution < -0.4 is 14.8 Å². The fraction of sp³-hybridized carbons (Fsp3) is 0.125. The highest BCUT2D eigenvalue weighted by Crippen LogP contribution is 2.40. The van der Waals surface area contributed by atoms with Gasteiger partial charge in [0, 0.05) is 23.3 Å². The van der Waals surface area contributed by atoms with Gasteiger partial charge in [0.2, 0.25) is 0 Å². The monoisotopic (exact) mass is 449 g/mol. The summed E-state index contributed by atoms with van der Waals surface area (Å²) < 4.78 is 10.8. The fourth-order valence-electron chi connectivity index (χ4n) is 3.50. The van der Waals surface area contributed by atoms with Gasteiger partial charge in [0.05, 0.1) is 25.3 Å². The van der Waals surface area contributed by atoms with Crippen molar-refractivity contribution < 1.29 is 19.4 Å². The average Bonchev–Trinajstić information content (AvgIpc) is 2.85. The Bertz CT molecular complexity index is 1280. The second-order valence-corrected chi connectivity index (χ2v) is 7.34. The van der Waals surface area contributed by atoms with Crippen molar-refractivity contribution in [2.24, 2.45) is 0 Å². The van der Waals surface area contributed by atoms with Crippen molar-refractivity contribution in [2.75, 3.05) is 14.2 Å². The van der Waals surface area contributed by atoms with Crippen molar-refractivity contribution in [2.45, 2.75) is 6.04 Å². The van der Waals surface area contributed by atoms with Gasteiger partial charge in [0.1, 0.15) is 17.0 Å². The number of nitrogens with zero attached hydrogens (tertiary/aromatic N) is 2. The number of ether oxygens (including phenoxy) is 2. The fourth-order valence-corrected chi connectivity index (χ4v) is 3.77. The number of phenols is 1. The molecule has 2 aromatic heterocycles. The van der Waals surface area contributed by atoms with Gasteiger partial charge in [-0.3, -0.25) is 14.8 Å². The van der Waals surface area contributed by atoms with Crippen molar-refractivity contribution >= 4 is 28.4 Å². The number of phenolic OH excluding ortho intramolecular Hbond substituents is 1. The quantitative estimate of drug-likeness (QED) is 0.449. The Morgan fingerprint density at radius 2 is 1.78 bits per heavy atom. The number of pyridine rings is 2. The summed E-state index contributed by atoms with van der Waals surface area (Å²) in [7, 11) is 3.07. The number of fused-ring (bicyclic) bond motifs is 1. The minimum absolute atomic E-state index is 0.0777. The highest BCUT2D eigenvalue weighted by molar-refractivity contribution is 6.35. The molecule has 2 aromatic carbocycles. The Balaban J connectivity index is 1.88. The maximum Gasteiger partial charge on any atom is 0.270 e. The maximum atomic E-state index is 13.0. The van der Waals surface area contributed by atoms with Crippen molar-refractivity contribution in [3.05, 3.63) is 88.8 Å². The summed E-state index contributed by atoms with van der Waals surface area (Å²) in [6, 6.07) is 14.7. The molecular formula is C24H20ClN3O4. The maximum absolute atomic E-state index is 13.0. The molecule has 0 radical (unpaired) electrons. The van der Waals surface area contributed by atoms with E-state index in [1.54, 1.807) is 67.9 Å². The number of rotatable bonds is 6. The predicted octanol–water partition coefficient (Wildman–Crippen LogP) is 4.53. The van der Waals surface area contributed by atoms with Gasteiger partial charge in [-0.05, 0) is 48.0 Å². The van der Waals surface area contributed by atoms with Gasteiger partial charge in [0.15, 0.2) is 11.5 Å². The van der Waals surface area contributed by atoms with E-state index in [1.807, 2.05) is 0 Å². The van der Waals surface area contributed by atoms with Gasteiger partial charge in [-0.1, -0.05) is 23.7 Å². The Morgan fingerprint density at radius 3 is 2.50 bits per heavy atom. The number of benzene rings is 2. The lowest BCUT2D eigenvalue weighted by Crippen LogP contribution is -2.30. The Morgan fingerprint density at radius 1 is 1.00 bits per heavy atom. The van der Waals surface area contributed by atoms with Crippen molar-refractivity contribution in [3.63, 3.8) is 0 Å². The first kappa shape index (κ1) is 21.4. The summed E-state index contributed by atoms with van der Waals surface area (Å²) in [5, 5.41) is 15.0. The van der Waals surface area contributed by atoms with Crippen LogP contribution in [0.5, 0.6) is 17.2 Å². The number of nitrogens with one attached hydrogen (secondary N) is 1. The van der Waals surface area contributed by atoms with E-state index in [0.29, 0.717) is 38.6 Å². The van der Waals surface area contributed by atoms with Crippen LogP contribution in [0.1, 0.15) is 27.7 Å². The third-order valence-electron chi connectivity index (χ3n) is 5.07. The van der Waals surface area contributed by atoms with Gasteiger partial charge in [0.25, 0.3) is 5.91 Å². The molecule has 7 nitrogen and oxygen atoms in total. The molecular weight excluding hydrogens is 430 g/mol. The van der Waals surface area contributed by atoms with E-state index in [4.69, 9.17) is 21.1 Å². The van der Waals surface area contributed by atoms with E-state index in [1.165, 1.54) is 13.3 Å². The van der Waals surface area contributed by atoms with Crippen LogP contribution in [-0.2, 0) is 0 Å². The first-order valence-corrected chi connectivity index (χ1v) is 10.1. The summed E-state index contributed by atoms with van der Waals surface area (Å²) >= 11 is 6.50. The number of amides is 1. The van der Waals surface area contributed by atoms with E-state index in [-0.39, 0.29) is 11.4 Å². The van der Waals surface area contributed by atoms with Crippen molar-refractivity contribution in [3.8, 4) is 17.2 Å². The number of methoxy groups -OCH3 is 2. The summed E-state index contributed by atoms with van der Waals surface area (Å²) in [4.78, 5) is 21.4. The number of carbonyl (C=O) groups is 1. The van der Waals surface area contributed by atoms with Crippen LogP contribution in [0.2, 0.25) is 5.02 Å². The van der Waals surface area contributed by atoms with E-state index < -0.39 is 11.9 Å². The highest BCUT2D eigenvalue weighted by atomic mass is 35.5. The molecule has 0 aliphatic carbocycles. The molecule has 8 heteroatoms. The number of carbonyl (C=O) groups excluding carboxylic acids is 1. The molecule has 0 aliphatic rings. The second-order valence-electron chi connectivity index (χ2n) is 6.93. The molecule has 2 N–H and O–H groups in total. The van der Waals surface area contributed by atoms with Crippen LogP contribution in [0.4, 0.5) is 0 Å². The number of hydrogen-bond donors (Lipinski definition) is 2. The van der Waals surface area contributed by atoms with Gasteiger partial charge < -0.3 is 19.9 Å². The van der Waals surface area contributed by atoms with Crippen LogP contribution in [0.25, 0.3) is 10.9 Å². The summed E-state index contributed by atoms with van der Waals surface area (Å²) in [5.41, 5.74) is 1.61. The van der Waals surface area contributed by atoms with Gasteiger partial charge in [-0.25, -0.2) is 0 Å². The van der Waals surface area contributed by atoms with Crippen LogP contribution in [0.3, 0.4) is 0 Å². The molecule has 0 spiro atoms. The largest absolute Gasteiger partial charge is 0.505 e. The lowest BCUT2D eigenvalue weighted by Gasteiger charge is -2.23.